The van der Waals surface area contributed by atoms with Gasteiger partial charge in [-0.15, -0.1) is 0 Å². The minimum atomic E-state index is -0.777. The fourth-order valence-electron chi connectivity index (χ4n) is 4.66. The van der Waals surface area contributed by atoms with Gasteiger partial charge in [0.05, 0.1) is 24.5 Å². The number of aliphatic hydroxyl groups is 1. The van der Waals surface area contributed by atoms with Crippen LogP contribution in [0, 0.1) is 6.92 Å². The lowest BCUT2D eigenvalue weighted by Gasteiger charge is -2.29. The molecule has 176 valence electrons. The quantitative estimate of drug-likeness (QED) is 0.539. The van der Waals surface area contributed by atoms with Crippen LogP contribution in [0.4, 0.5) is 0 Å². The van der Waals surface area contributed by atoms with E-state index in [0.29, 0.717) is 37.5 Å². The van der Waals surface area contributed by atoms with Crippen molar-refractivity contribution in [1.29, 1.82) is 0 Å². The summed E-state index contributed by atoms with van der Waals surface area (Å²) in [4.78, 5) is 34.9. The van der Waals surface area contributed by atoms with Crippen LogP contribution in [-0.2, 0) is 9.53 Å². The lowest BCUT2D eigenvalue weighted by molar-refractivity contribution is -0.129. The van der Waals surface area contributed by atoms with Gasteiger partial charge in [0.15, 0.2) is 11.5 Å². The third kappa shape index (κ3) is 4.22. The summed E-state index contributed by atoms with van der Waals surface area (Å²) in [6.07, 6.45) is 2.32. The lowest BCUT2D eigenvalue weighted by Crippen LogP contribution is -2.39. The zero-order valence-corrected chi connectivity index (χ0v) is 19.1. The number of aliphatic hydroxyl groups excluding tert-OH is 1. The number of aryl methyl sites for hydroxylation is 1. The highest BCUT2D eigenvalue weighted by Crippen LogP contribution is 2.39. The number of carbonyl (C=O) groups is 2. The average Bonchev–Trinajstić information content (AvgIpc) is 3.39. The maximum absolute atomic E-state index is 13.6. The molecule has 5 rings (SSSR count). The van der Waals surface area contributed by atoms with Crippen molar-refractivity contribution in [1.82, 2.24) is 14.8 Å². The number of furan rings is 1. The van der Waals surface area contributed by atoms with E-state index < -0.39 is 23.5 Å². The second-order valence-electron chi connectivity index (χ2n) is 8.71. The van der Waals surface area contributed by atoms with E-state index in [4.69, 9.17) is 9.15 Å². The van der Waals surface area contributed by atoms with E-state index in [1.54, 1.807) is 30.5 Å². The van der Waals surface area contributed by atoms with E-state index in [1.165, 1.54) is 4.90 Å². The van der Waals surface area contributed by atoms with Crippen molar-refractivity contribution in [3.8, 4) is 0 Å². The van der Waals surface area contributed by atoms with Crippen molar-refractivity contribution < 1.29 is 23.8 Å². The predicted octanol–water partition coefficient (Wildman–Crippen LogP) is 3.44. The monoisotopic (exact) mass is 461 g/mol. The third-order valence-electron chi connectivity index (χ3n) is 6.39. The van der Waals surface area contributed by atoms with Crippen LogP contribution in [0.5, 0.6) is 0 Å². The Bertz CT molecular complexity index is 1240. The molecular weight excluding hydrogens is 434 g/mol. The number of ether oxygens (including phenoxy) is 1. The van der Waals surface area contributed by atoms with Gasteiger partial charge in [0, 0.05) is 37.8 Å². The van der Waals surface area contributed by atoms with Crippen LogP contribution in [0.1, 0.15) is 34.3 Å². The van der Waals surface area contributed by atoms with Gasteiger partial charge < -0.3 is 19.2 Å². The van der Waals surface area contributed by atoms with Gasteiger partial charge in [0.25, 0.3) is 5.91 Å². The van der Waals surface area contributed by atoms with Crippen LogP contribution < -0.4 is 0 Å². The molecule has 1 unspecified atom stereocenters. The van der Waals surface area contributed by atoms with Crippen molar-refractivity contribution in [2.24, 2.45) is 0 Å². The number of hydrogen-bond donors (Lipinski definition) is 1. The summed E-state index contributed by atoms with van der Waals surface area (Å²) in [6, 6.07) is 11.9. The first-order chi connectivity index (χ1) is 16.5. The summed E-state index contributed by atoms with van der Waals surface area (Å²) in [5.74, 6) is -1.52. The summed E-state index contributed by atoms with van der Waals surface area (Å²) >= 11 is 0. The lowest BCUT2D eigenvalue weighted by atomic mass is 9.98. The van der Waals surface area contributed by atoms with Crippen LogP contribution in [0.15, 0.2) is 64.4 Å². The molecule has 8 heteroatoms. The molecule has 1 amide bonds. The normalized spacial score (nSPS) is 19.4. The number of pyridine rings is 1. The van der Waals surface area contributed by atoms with E-state index in [2.05, 4.69) is 9.88 Å². The van der Waals surface area contributed by atoms with Gasteiger partial charge in [-0.3, -0.25) is 19.5 Å². The molecule has 0 bridgehead atoms. The largest absolute Gasteiger partial charge is 0.503 e. The maximum Gasteiger partial charge on any atom is 0.290 e. The van der Waals surface area contributed by atoms with Crippen LogP contribution in [0.2, 0.25) is 0 Å². The first kappa shape index (κ1) is 22.3. The van der Waals surface area contributed by atoms with E-state index in [0.717, 1.165) is 30.6 Å². The van der Waals surface area contributed by atoms with Gasteiger partial charge in [0.2, 0.25) is 5.78 Å². The molecule has 4 heterocycles. The molecule has 1 saturated heterocycles. The smallest absolute Gasteiger partial charge is 0.290 e. The second kappa shape index (κ2) is 9.40. The molecule has 2 aromatic heterocycles. The Morgan fingerprint density at radius 2 is 1.97 bits per heavy atom. The van der Waals surface area contributed by atoms with Crippen LogP contribution in [0.25, 0.3) is 11.0 Å². The van der Waals surface area contributed by atoms with Crippen molar-refractivity contribution in [3.05, 3.63) is 77.0 Å². The fraction of sp³-hybridized carbons (Fsp3) is 0.346. The molecular formula is C26H27N3O5. The molecule has 34 heavy (non-hydrogen) atoms. The highest BCUT2D eigenvalue weighted by Gasteiger charge is 2.45. The molecule has 1 aromatic carbocycles. The van der Waals surface area contributed by atoms with E-state index in [-0.39, 0.29) is 11.3 Å². The number of amides is 1. The average molecular weight is 462 g/mol. The number of morpholine rings is 1. The van der Waals surface area contributed by atoms with Gasteiger partial charge in [0.1, 0.15) is 11.6 Å². The minimum Gasteiger partial charge on any atom is -0.503 e. The number of rotatable bonds is 7. The molecule has 0 spiro atoms. The Morgan fingerprint density at radius 3 is 2.74 bits per heavy atom. The fourth-order valence-corrected chi connectivity index (χ4v) is 4.66. The number of nitrogens with zero attached hydrogens (tertiary/aromatic N) is 3. The summed E-state index contributed by atoms with van der Waals surface area (Å²) in [5.41, 5.74) is 2.16. The van der Waals surface area contributed by atoms with Crippen molar-refractivity contribution in [3.63, 3.8) is 0 Å². The predicted molar refractivity (Wildman–Crippen MR) is 126 cm³/mol. The Kier molecular flexibility index (Phi) is 6.17. The zero-order valence-electron chi connectivity index (χ0n) is 19.1. The maximum atomic E-state index is 13.6. The molecule has 2 aliphatic rings. The number of benzene rings is 1. The molecule has 0 saturated carbocycles. The second-order valence-corrected chi connectivity index (χ2v) is 8.71. The topological polar surface area (TPSA) is 96.1 Å². The number of carbonyl (C=O) groups excluding carboxylic acids is 2. The van der Waals surface area contributed by atoms with Crippen molar-refractivity contribution in [2.45, 2.75) is 19.4 Å². The van der Waals surface area contributed by atoms with Gasteiger partial charge in [-0.25, -0.2) is 0 Å². The van der Waals surface area contributed by atoms with E-state index >= 15 is 0 Å². The molecule has 3 aromatic rings. The molecule has 0 aliphatic carbocycles. The summed E-state index contributed by atoms with van der Waals surface area (Å²) in [5, 5.41) is 11.6. The number of aromatic nitrogens is 1. The van der Waals surface area contributed by atoms with Crippen molar-refractivity contribution in [2.75, 3.05) is 39.4 Å². The highest BCUT2D eigenvalue weighted by molar-refractivity contribution is 6.15. The van der Waals surface area contributed by atoms with Crippen LogP contribution in [-0.4, -0.2) is 71.0 Å². The molecule has 1 N–H and O–H groups in total. The number of Topliss-reactive ketones (excluding diaryl/α,β-unsaturated/α-hetero) is 1. The Morgan fingerprint density at radius 1 is 1.15 bits per heavy atom. The molecule has 1 atom stereocenters. The summed E-state index contributed by atoms with van der Waals surface area (Å²) < 4.78 is 11.2. The third-order valence-corrected chi connectivity index (χ3v) is 6.39. The summed E-state index contributed by atoms with van der Waals surface area (Å²) in [7, 11) is 0. The first-order valence-corrected chi connectivity index (χ1v) is 11.5. The van der Waals surface area contributed by atoms with Crippen LogP contribution in [0.3, 0.4) is 0 Å². The van der Waals surface area contributed by atoms with Gasteiger partial charge >= 0.3 is 0 Å². The Labute approximate surface area is 197 Å². The SMILES string of the molecule is Cc1ccc2oc(C(=O)C3=C(O)C(=O)N(CCCN4CCOCC4)C3c3ccccn3)cc2c1. The molecule has 8 nitrogen and oxygen atoms in total. The Hall–Kier alpha value is -3.49. The molecule has 1 fully saturated rings. The van der Waals surface area contributed by atoms with E-state index in [9.17, 15) is 14.7 Å². The zero-order chi connectivity index (χ0) is 23.7. The summed E-state index contributed by atoms with van der Waals surface area (Å²) in [6.45, 7) is 6.28. The standard InChI is InChI=1S/C26H27N3O5/c1-17-6-7-20-18(15-17)16-21(34-20)24(30)22-23(19-5-2-3-8-27-19)29(26(32)25(22)31)10-4-9-28-11-13-33-14-12-28/h2-3,5-8,15-16,23,31H,4,9-14H2,1H3. The first-order valence-electron chi connectivity index (χ1n) is 11.5. The van der Waals surface area contributed by atoms with Crippen molar-refractivity contribution >= 4 is 22.7 Å². The van der Waals surface area contributed by atoms with E-state index in [1.807, 2.05) is 25.1 Å². The van der Waals surface area contributed by atoms with Gasteiger partial charge in [-0.1, -0.05) is 17.7 Å². The Balaban J connectivity index is 1.44. The molecule has 2 aliphatic heterocycles. The molecule has 0 radical (unpaired) electrons. The van der Waals surface area contributed by atoms with Gasteiger partial charge in [-0.05, 0) is 43.7 Å². The van der Waals surface area contributed by atoms with Crippen LogP contribution >= 0.6 is 0 Å². The minimum absolute atomic E-state index is 0.00542. The number of fused-ring (bicyclic) bond motifs is 1. The highest BCUT2D eigenvalue weighted by atomic mass is 16.5. The number of ketones is 1. The van der Waals surface area contributed by atoms with Gasteiger partial charge in [-0.2, -0.15) is 0 Å². The number of hydrogen-bond acceptors (Lipinski definition) is 7.